The molecule has 0 aliphatic carbocycles. The highest BCUT2D eigenvalue weighted by atomic mass is 14.9. The average Bonchev–Trinajstić information content (AvgIpc) is 2.64. The number of piperidine rings is 1. The van der Waals surface area contributed by atoms with Gasteiger partial charge in [0.25, 0.3) is 0 Å². The van der Waals surface area contributed by atoms with Crippen LogP contribution in [0.5, 0.6) is 0 Å². The Bertz CT molecular complexity index is 536. The van der Waals surface area contributed by atoms with Crippen molar-refractivity contribution in [1.82, 2.24) is 5.32 Å². The van der Waals surface area contributed by atoms with Gasteiger partial charge in [-0.2, -0.15) is 0 Å². The van der Waals surface area contributed by atoms with E-state index in [9.17, 15) is 0 Å². The Kier molecular flexibility index (Phi) is 8.00. The molecule has 0 saturated carbocycles. The minimum absolute atomic E-state index is 0.238. The molecule has 1 aromatic carbocycles. The van der Waals surface area contributed by atoms with E-state index in [0.717, 1.165) is 44.7 Å². The summed E-state index contributed by atoms with van der Waals surface area (Å²) in [6, 6.07) is 9.45. The van der Waals surface area contributed by atoms with Gasteiger partial charge in [0.2, 0.25) is 0 Å². The minimum Gasteiger partial charge on any atom is -0.328 e. The predicted octanol–water partition coefficient (Wildman–Crippen LogP) is 4.49. The quantitative estimate of drug-likeness (QED) is 0.657. The number of rotatable bonds is 9. The summed E-state index contributed by atoms with van der Waals surface area (Å²) in [7, 11) is 0. The number of benzene rings is 1. The van der Waals surface area contributed by atoms with E-state index in [-0.39, 0.29) is 6.04 Å². The molecule has 1 aromatic rings. The van der Waals surface area contributed by atoms with E-state index in [2.05, 4.69) is 42.7 Å². The Balaban J connectivity index is 1.76. The maximum Gasteiger partial charge on any atom is 0.00451 e. The Morgan fingerprint density at radius 2 is 1.88 bits per heavy atom. The third kappa shape index (κ3) is 6.10. The number of nitrogens with two attached hydrogens (primary N) is 1. The second-order valence-corrected chi connectivity index (χ2v) is 6.78. The van der Waals surface area contributed by atoms with Crippen molar-refractivity contribution in [1.29, 1.82) is 0 Å². The van der Waals surface area contributed by atoms with E-state index in [4.69, 9.17) is 5.73 Å². The van der Waals surface area contributed by atoms with E-state index < -0.39 is 0 Å². The Labute approximate surface area is 147 Å². The van der Waals surface area contributed by atoms with E-state index >= 15 is 0 Å². The third-order valence-corrected chi connectivity index (χ3v) is 4.99. The van der Waals surface area contributed by atoms with Gasteiger partial charge in [0.05, 0.1) is 0 Å². The summed E-state index contributed by atoms with van der Waals surface area (Å²) in [5.74, 6) is 0.733. The van der Waals surface area contributed by atoms with Gasteiger partial charge in [0.1, 0.15) is 0 Å². The summed E-state index contributed by atoms with van der Waals surface area (Å²) in [5, 5.41) is 3.43. The van der Waals surface area contributed by atoms with Crippen LogP contribution < -0.4 is 11.1 Å². The number of nitrogens with one attached hydrogen (secondary N) is 1. The van der Waals surface area contributed by atoms with E-state index in [1.807, 2.05) is 18.2 Å². The molecule has 2 nitrogen and oxygen atoms in total. The molecule has 0 bridgehead atoms. The summed E-state index contributed by atoms with van der Waals surface area (Å²) in [5.41, 5.74) is 10.4. The zero-order valence-electron chi connectivity index (χ0n) is 14.8. The van der Waals surface area contributed by atoms with Crippen LogP contribution in [0, 0.1) is 0 Å². The van der Waals surface area contributed by atoms with Crippen LogP contribution in [0.4, 0.5) is 0 Å². The molecule has 0 amide bonds. The Morgan fingerprint density at radius 1 is 1.17 bits per heavy atom. The molecule has 1 fully saturated rings. The van der Waals surface area contributed by atoms with Crippen molar-refractivity contribution in [2.24, 2.45) is 5.73 Å². The van der Waals surface area contributed by atoms with E-state index in [1.165, 1.54) is 29.5 Å². The molecule has 2 rings (SSSR count). The third-order valence-electron chi connectivity index (χ3n) is 4.99. The molecule has 1 aliphatic heterocycles. The van der Waals surface area contributed by atoms with Crippen molar-refractivity contribution >= 4 is 0 Å². The van der Waals surface area contributed by atoms with Gasteiger partial charge in [-0.3, -0.25) is 0 Å². The van der Waals surface area contributed by atoms with Crippen LogP contribution in [0.2, 0.25) is 0 Å². The number of hydrogen-bond acceptors (Lipinski definition) is 2. The zero-order chi connectivity index (χ0) is 17.2. The van der Waals surface area contributed by atoms with Crippen LogP contribution in [0.3, 0.4) is 0 Å². The average molecular weight is 325 g/mol. The first-order valence-corrected chi connectivity index (χ1v) is 9.22. The molecule has 1 unspecified atom stereocenters. The Morgan fingerprint density at radius 3 is 2.50 bits per heavy atom. The lowest BCUT2D eigenvalue weighted by molar-refractivity contribution is 0.460. The molecule has 0 spiro atoms. The maximum atomic E-state index is 6.27. The number of allylic oxidation sites excluding steroid dienone is 4. The summed E-state index contributed by atoms with van der Waals surface area (Å²) >= 11 is 0. The highest BCUT2D eigenvalue weighted by Crippen LogP contribution is 2.25. The van der Waals surface area contributed by atoms with Gasteiger partial charge < -0.3 is 11.1 Å². The minimum atomic E-state index is 0.238. The lowest BCUT2D eigenvalue weighted by atomic mass is 9.89. The van der Waals surface area contributed by atoms with E-state index in [1.54, 1.807) is 0 Å². The highest BCUT2D eigenvalue weighted by molar-refractivity contribution is 5.26. The second-order valence-electron chi connectivity index (χ2n) is 6.78. The van der Waals surface area contributed by atoms with Gasteiger partial charge in [0, 0.05) is 6.04 Å². The normalized spacial score (nSPS) is 17.5. The van der Waals surface area contributed by atoms with Crippen molar-refractivity contribution in [3.8, 4) is 0 Å². The first-order valence-electron chi connectivity index (χ1n) is 9.22. The van der Waals surface area contributed by atoms with Crippen molar-refractivity contribution in [2.75, 3.05) is 13.1 Å². The van der Waals surface area contributed by atoms with Crippen molar-refractivity contribution in [3.63, 3.8) is 0 Å². The molecule has 1 aliphatic rings. The first-order chi connectivity index (χ1) is 11.7. The summed E-state index contributed by atoms with van der Waals surface area (Å²) < 4.78 is 0. The van der Waals surface area contributed by atoms with Crippen molar-refractivity contribution in [3.05, 3.63) is 72.4 Å². The van der Waals surface area contributed by atoms with Crippen LogP contribution in [0.25, 0.3) is 0 Å². The fraction of sp³-hybridized carbons (Fsp3) is 0.455. The lowest BCUT2D eigenvalue weighted by Gasteiger charge is -2.23. The van der Waals surface area contributed by atoms with Gasteiger partial charge in [0.15, 0.2) is 0 Å². The fourth-order valence-corrected chi connectivity index (χ4v) is 3.36. The number of aryl methyl sites for hydroxylation is 1. The van der Waals surface area contributed by atoms with Crippen LogP contribution >= 0.6 is 0 Å². The SMILES string of the molecule is C=C/C=C(\C=C)CCC(N)CCc1ccc(C2CCNCC2)cc1. The molecule has 130 valence electrons. The molecule has 1 atom stereocenters. The van der Waals surface area contributed by atoms with Gasteiger partial charge in [-0.1, -0.05) is 55.7 Å². The van der Waals surface area contributed by atoms with Crippen LogP contribution in [0.1, 0.15) is 49.1 Å². The van der Waals surface area contributed by atoms with Gasteiger partial charge in [-0.15, -0.1) is 0 Å². The van der Waals surface area contributed by atoms with Gasteiger partial charge >= 0.3 is 0 Å². The van der Waals surface area contributed by atoms with Gasteiger partial charge in [-0.25, -0.2) is 0 Å². The summed E-state index contributed by atoms with van der Waals surface area (Å²) in [6.07, 6.45) is 12.3. The maximum absolute atomic E-state index is 6.27. The molecule has 0 aromatic heterocycles. The molecular formula is C22H32N2. The van der Waals surface area contributed by atoms with Crippen molar-refractivity contribution < 1.29 is 0 Å². The molecule has 3 N–H and O–H groups in total. The lowest BCUT2D eigenvalue weighted by Crippen LogP contribution is -2.26. The van der Waals surface area contributed by atoms with Gasteiger partial charge in [-0.05, 0) is 74.2 Å². The molecule has 0 radical (unpaired) electrons. The monoisotopic (exact) mass is 324 g/mol. The standard InChI is InChI=1S/C22H32N2/c1-3-5-18(4-2)8-12-22(23)13-9-19-6-10-20(11-7-19)21-14-16-24-17-15-21/h3-7,10-11,21-22,24H,1-2,8-9,12-17,23H2/b18-5+. The number of hydrogen-bond donors (Lipinski definition) is 2. The zero-order valence-corrected chi connectivity index (χ0v) is 14.8. The molecule has 2 heteroatoms. The summed E-state index contributed by atoms with van der Waals surface area (Å²) in [4.78, 5) is 0. The largest absolute Gasteiger partial charge is 0.328 e. The fourth-order valence-electron chi connectivity index (χ4n) is 3.36. The topological polar surface area (TPSA) is 38.0 Å². The van der Waals surface area contributed by atoms with E-state index in [0.29, 0.717) is 0 Å². The second kappa shape index (κ2) is 10.3. The molecule has 1 heterocycles. The smallest absolute Gasteiger partial charge is 0.00451 e. The van der Waals surface area contributed by atoms with Crippen LogP contribution in [-0.2, 0) is 6.42 Å². The van der Waals surface area contributed by atoms with Crippen molar-refractivity contribution in [2.45, 2.75) is 50.5 Å². The first kappa shape index (κ1) is 18.7. The molecular weight excluding hydrogens is 292 g/mol. The summed E-state index contributed by atoms with van der Waals surface area (Å²) in [6.45, 7) is 9.86. The molecule has 1 saturated heterocycles. The highest BCUT2D eigenvalue weighted by Gasteiger charge is 2.14. The Hall–Kier alpha value is -1.64. The predicted molar refractivity (Wildman–Crippen MR) is 105 cm³/mol. The van der Waals surface area contributed by atoms with Crippen LogP contribution in [-0.4, -0.2) is 19.1 Å². The molecule has 24 heavy (non-hydrogen) atoms. The van der Waals surface area contributed by atoms with Crippen LogP contribution in [0.15, 0.2) is 61.2 Å².